The Balaban J connectivity index is 2.34. The number of hydrazone groups is 1. The van der Waals surface area contributed by atoms with Crippen molar-refractivity contribution in [3.8, 4) is 5.75 Å². The molecule has 26 heavy (non-hydrogen) atoms. The quantitative estimate of drug-likeness (QED) is 0.379. The molecule has 2 aromatic rings. The summed E-state index contributed by atoms with van der Waals surface area (Å²) in [7, 11) is 0. The van der Waals surface area contributed by atoms with Crippen LogP contribution in [-0.2, 0) is 0 Å². The molecule has 0 atom stereocenters. The second-order valence-corrected chi connectivity index (χ2v) is 5.89. The number of ether oxygens (including phenoxy) is 1. The number of hydrogen-bond donors (Lipinski definition) is 2. The summed E-state index contributed by atoms with van der Waals surface area (Å²) in [6.07, 6.45) is 0. The van der Waals surface area contributed by atoms with E-state index >= 15 is 0 Å². The number of nitrogens with zero attached hydrogens (tertiary/aromatic N) is 2. The minimum atomic E-state index is -2.95. The lowest BCUT2D eigenvalue weighted by Gasteiger charge is -2.11. The molecule has 138 valence electrons. The Morgan fingerprint density at radius 1 is 1.31 bits per heavy atom. The first kappa shape index (κ1) is 20.2. The van der Waals surface area contributed by atoms with E-state index < -0.39 is 18.3 Å². The van der Waals surface area contributed by atoms with Gasteiger partial charge in [0.25, 0.3) is 0 Å². The van der Waals surface area contributed by atoms with E-state index in [9.17, 15) is 13.6 Å². The zero-order valence-corrected chi connectivity index (χ0v) is 15.2. The van der Waals surface area contributed by atoms with E-state index in [1.54, 1.807) is 13.0 Å². The number of alkyl halides is 2. The number of anilines is 1. The number of pyridine rings is 1. The van der Waals surface area contributed by atoms with E-state index in [2.05, 4.69) is 20.2 Å². The van der Waals surface area contributed by atoms with Crippen LogP contribution in [0.2, 0.25) is 15.2 Å². The first-order valence-electron chi connectivity index (χ1n) is 6.84. The Labute approximate surface area is 161 Å². The smallest absolute Gasteiger partial charge is 0.387 e. The van der Waals surface area contributed by atoms with Crippen molar-refractivity contribution in [2.75, 3.05) is 5.43 Å². The molecular formula is C15H10Cl3F2N3O3. The average molecular weight is 425 g/mol. The Kier molecular flexibility index (Phi) is 6.57. The summed E-state index contributed by atoms with van der Waals surface area (Å²) in [4.78, 5) is 14.7. The van der Waals surface area contributed by atoms with Gasteiger partial charge in [0.15, 0.2) is 10.8 Å². The number of aromatic carboxylic acids is 1. The number of hydrogen-bond acceptors (Lipinski definition) is 5. The molecule has 0 amide bonds. The normalized spacial score (nSPS) is 11.6. The van der Waals surface area contributed by atoms with Crippen LogP contribution in [0, 0.1) is 0 Å². The van der Waals surface area contributed by atoms with E-state index in [1.165, 1.54) is 18.2 Å². The Bertz CT molecular complexity index is 879. The fourth-order valence-electron chi connectivity index (χ4n) is 1.86. The lowest BCUT2D eigenvalue weighted by Crippen LogP contribution is -2.07. The van der Waals surface area contributed by atoms with Crippen molar-refractivity contribution >= 4 is 52.2 Å². The monoisotopic (exact) mass is 423 g/mol. The highest BCUT2D eigenvalue weighted by Gasteiger charge is 2.20. The first-order valence-corrected chi connectivity index (χ1v) is 7.97. The standard InChI is InChI=1S/C15H10Cl3F2N3O3/c1-6(7-3-2-4-8(5-7)26-15(19)20)22-23-11-9(16)12(14(24)25)21-13(18)10(11)17/h2-5,15H,1H3,(H,21,23)(H,24,25)/b22-6+. The third-order valence-corrected chi connectivity index (χ3v) is 4.16. The maximum absolute atomic E-state index is 12.3. The molecule has 0 unspecified atom stereocenters. The Hall–Kier alpha value is -2.16. The van der Waals surface area contributed by atoms with Gasteiger partial charge in [-0.1, -0.05) is 46.9 Å². The first-order chi connectivity index (χ1) is 12.2. The maximum atomic E-state index is 12.3. The van der Waals surface area contributed by atoms with E-state index in [1.807, 2.05) is 0 Å². The molecule has 0 saturated heterocycles. The highest BCUT2D eigenvalue weighted by atomic mass is 35.5. The lowest BCUT2D eigenvalue weighted by molar-refractivity contribution is -0.0498. The fraction of sp³-hybridized carbons (Fsp3) is 0.133. The van der Waals surface area contributed by atoms with Crippen molar-refractivity contribution in [2.24, 2.45) is 5.10 Å². The van der Waals surface area contributed by atoms with Crippen LogP contribution >= 0.6 is 34.8 Å². The summed E-state index contributed by atoms with van der Waals surface area (Å²) in [5, 5.41) is 12.4. The number of benzene rings is 1. The molecule has 0 fully saturated rings. The van der Waals surface area contributed by atoms with Crippen LogP contribution < -0.4 is 10.2 Å². The van der Waals surface area contributed by atoms with Crippen LogP contribution in [-0.4, -0.2) is 28.4 Å². The zero-order chi connectivity index (χ0) is 19.4. The summed E-state index contributed by atoms with van der Waals surface area (Å²) in [6.45, 7) is -1.37. The number of carboxylic acid groups (broad SMARTS) is 1. The van der Waals surface area contributed by atoms with Crippen LogP contribution in [0.3, 0.4) is 0 Å². The summed E-state index contributed by atoms with van der Waals surface area (Å²) >= 11 is 17.7. The zero-order valence-electron chi connectivity index (χ0n) is 12.9. The van der Waals surface area contributed by atoms with Gasteiger partial charge in [-0.05, 0) is 19.1 Å². The fourth-order valence-corrected chi connectivity index (χ4v) is 2.52. The van der Waals surface area contributed by atoms with Crippen molar-refractivity contribution in [1.82, 2.24) is 4.98 Å². The SMILES string of the molecule is C/C(=N\Nc1c(Cl)c(Cl)nc(C(=O)O)c1Cl)c1cccc(OC(F)F)c1. The number of aromatic nitrogens is 1. The van der Waals surface area contributed by atoms with Crippen molar-refractivity contribution in [1.29, 1.82) is 0 Å². The molecular weight excluding hydrogens is 415 g/mol. The second-order valence-electron chi connectivity index (χ2n) is 4.77. The molecule has 11 heteroatoms. The molecule has 2 N–H and O–H groups in total. The van der Waals surface area contributed by atoms with Crippen LogP contribution in [0.5, 0.6) is 5.75 Å². The molecule has 6 nitrogen and oxygen atoms in total. The van der Waals surface area contributed by atoms with Gasteiger partial charge in [0.05, 0.1) is 11.4 Å². The minimum Gasteiger partial charge on any atom is -0.476 e. The van der Waals surface area contributed by atoms with E-state index in [4.69, 9.17) is 39.9 Å². The molecule has 1 aromatic carbocycles. The van der Waals surface area contributed by atoms with Crippen molar-refractivity contribution in [3.63, 3.8) is 0 Å². The number of rotatable bonds is 6. The topological polar surface area (TPSA) is 83.8 Å². The summed E-state index contributed by atoms with van der Waals surface area (Å²) in [5.41, 5.74) is 2.81. The van der Waals surface area contributed by atoms with Gasteiger partial charge >= 0.3 is 12.6 Å². The predicted molar refractivity (Wildman–Crippen MR) is 95.1 cm³/mol. The van der Waals surface area contributed by atoms with Gasteiger partial charge in [-0.2, -0.15) is 13.9 Å². The number of nitrogens with one attached hydrogen (secondary N) is 1. The lowest BCUT2D eigenvalue weighted by atomic mass is 10.1. The Morgan fingerprint density at radius 3 is 2.62 bits per heavy atom. The van der Waals surface area contributed by atoms with Crippen LogP contribution in [0.4, 0.5) is 14.5 Å². The van der Waals surface area contributed by atoms with Gasteiger partial charge in [-0.3, -0.25) is 5.43 Å². The van der Waals surface area contributed by atoms with Gasteiger partial charge in [-0.25, -0.2) is 9.78 Å². The van der Waals surface area contributed by atoms with Gasteiger partial charge in [0.2, 0.25) is 0 Å². The molecule has 0 aliphatic rings. The molecule has 0 bridgehead atoms. The number of carboxylic acids is 1. The summed E-state index contributed by atoms with van der Waals surface area (Å²) in [6, 6.07) is 5.85. The minimum absolute atomic E-state index is 0.0387. The van der Waals surface area contributed by atoms with Crippen LogP contribution in [0.15, 0.2) is 29.4 Å². The van der Waals surface area contributed by atoms with Gasteiger partial charge in [0.1, 0.15) is 15.8 Å². The molecule has 1 aromatic heterocycles. The van der Waals surface area contributed by atoms with E-state index in [0.717, 1.165) is 0 Å². The van der Waals surface area contributed by atoms with Crippen LogP contribution in [0.25, 0.3) is 0 Å². The second kappa shape index (κ2) is 8.48. The highest BCUT2D eigenvalue weighted by Crippen LogP contribution is 2.37. The van der Waals surface area contributed by atoms with E-state index in [-0.39, 0.29) is 26.6 Å². The molecule has 0 aliphatic carbocycles. The highest BCUT2D eigenvalue weighted by molar-refractivity contribution is 6.46. The van der Waals surface area contributed by atoms with Gasteiger partial charge < -0.3 is 9.84 Å². The summed E-state index contributed by atoms with van der Waals surface area (Å²) in [5.74, 6) is -1.43. The van der Waals surface area contributed by atoms with Crippen molar-refractivity contribution < 1.29 is 23.4 Å². The predicted octanol–water partition coefficient (Wildman–Crippen LogP) is 5.18. The molecule has 0 radical (unpaired) electrons. The summed E-state index contributed by atoms with van der Waals surface area (Å²) < 4.78 is 28.9. The molecule has 0 aliphatic heterocycles. The molecule has 1 heterocycles. The third kappa shape index (κ3) is 4.72. The molecule has 0 spiro atoms. The molecule has 2 rings (SSSR count). The average Bonchev–Trinajstić information content (AvgIpc) is 2.57. The maximum Gasteiger partial charge on any atom is 0.387 e. The van der Waals surface area contributed by atoms with E-state index in [0.29, 0.717) is 11.3 Å². The van der Waals surface area contributed by atoms with Crippen molar-refractivity contribution in [2.45, 2.75) is 13.5 Å². The van der Waals surface area contributed by atoms with Crippen LogP contribution in [0.1, 0.15) is 23.0 Å². The number of carbonyl (C=O) groups is 1. The molecule has 0 saturated carbocycles. The van der Waals surface area contributed by atoms with Gasteiger partial charge in [0, 0.05) is 5.56 Å². The van der Waals surface area contributed by atoms with Gasteiger partial charge in [-0.15, -0.1) is 0 Å². The Morgan fingerprint density at radius 2 is 2.00 bits per heavy atom. The third-order valence-electron chi connectivity index (χ3n) is 3.05. The van der Waals surface area contributed by atoms with Crippen molar-refractivity contribution in [3.05, 3.63) is 50.7 Å². The number of halogens is 5. The largest absolute Gasteiger partial charge is 0.476 e.